The molecule has 2 saturated carbocycles. The molecular weight excluding hydrogens is 448 g/mol. The highest BCUT2D eigenvalue weighted by atomic mass is 19.3. The van der Waals surface area contributed by atoms with E-state index in [9.17, 15) is 18.7 Å². The molecule has 2 N–H and O–H groups in total. The number of para-hydroxylation sites is 1. The monoisotopic (exact) mass is 473 g/mol. The van der Waals surface area contributed by atoms with E-state index in [1.807, 2.05) is 18.2 Å². The van der Waals surface area contributed by atoms with Crippen molar-refractivity contribution in [2.45, 2.75) is 62.1 Å². The second-order valence-electron chi connectivity index (χ2n) is 9.51. The van der Waals surface area contributed by atoms with Crippen molar-refractivity contribution >= 4 is 5.91 Å². The van der Waals surface area contributed by atoms with E-state index in [1.54, 1.807) is 19.2 Å². The fraction of sp³-hybridized carbons (Fsp3) is 0.480. The summed E-state index contributed by atoms with van der Waals surface area (Å²) in [7, 11) is 1.60. The molecule has 34 heavy (non-hydrogen) atoms. The number of halogens is 2. The zero-order valence-electron chi connectivity index (χ0n) is 18.6. The molecule has 2 aromatic rings. The molecule has 0 aromatic heterocycles. The van der Waals surface area contributed by atoms with Gasteiger partial charge in [0.25, 0.3) is 0 Å². The molecule has 2 aliphatic heterocycles. The molecule has 1 amide bonds. The predicted molar refractivity (Wildman–Crippen MR) is 115 cm³/mol. The number of rotatable bonds is 5. The van der Waals surface area contributed by atoms with Crippen LogP contribution in [0.5, 0.6) is 23.0 Å². The van der Waals surface area contributed by atoms with Crippen molar-refractivity contribution in [3.05, 3.63) is 47.5 Å². The Morgan fingerprint density at radius 1 is 1.15 bits per heavy atom. The summed E-state index contributed by atoms with van der Waals surface area (Å²) in [6, 6.07) is 9.90. The molecule has 7 nitrogen and oxygen atoms in total. The Labute approximate surface area is 195 Å². The minimum atomic E-state index is -3.87. The van der Waals surface area contributed by atoms with Crippen molar-refractivity contribution in [2.24, 2.45) is 5.92 Å². The lowest BCUT2D eigenvalue weighted by Crippen LogP contribution is -2.47. The molecule has 2 fully saturated rings. The first kappa shape index (κ1) is 21.5. The normalized spacial score (nSPS) is 27.7. The number of carbonyl (C=O) groups is 1. The number of aliphatic hydroxyl groups is 1. The summed E-state index contributed by atoms with van der Waals surface area (Å²) in [6.07, 6.45) is -2.36. The van der Waals surface area contributed by atoms with Crippen LogP contribution in [-0.4, -0.2) is 36.6 Å². The average Bonchev–Trinajstić information content (AvgIpc) is 3.72. The lowest BCUT2D eigenvalue weighted by atomic mass is 9.90. The van der Waals surface area contributed by atoms with Crippen LogP contribution in [0, 0.1) is 5.92 Å². The smallest absolute Gasteiger partial charge is 0.463 e. The van der Waals surface area contributed by atoms with Crippen molar-refractivity contribution in [1.82, 2.24) is 5.32 Å². The molecule has 180 valence electrons. The Morgan fingerprint density at radius 3 is 2.65 bits per heavy atom. The van der Waals surface area contributed by atoms with Crippen LogP contribution >= 0.6 is 0 Å². The SMILES string of the molecule is COc1ccc2c(c1)O[C@@H](C1CC1)C[C@@H]2NC(=O)C1(c2cccc3c2OC(O)C(F)(F)O3)CC1. The highest BCUT2D eigenvalue weighted by Crippen LogP contribution is 2.56. The van der Waals surface area contributed by atoms with Gasteiger partial charge >= 0.3 is 12.4 Å². The van der Waals surface area contributed by atoms with E-state index in [4.69, 9.17) is 14.2 Å². The van der Waals surface area contributed by atoms with Gasteiger partial charge in [-0.2, -0.15) is 8.78 Å². The summed E-state index contributed by atoms with van der Waals surface area (Å²) in [6.45, 7) is 0. The molecule has 2 aromatic carbocycles. The first-order chi connectivity index (χ1) is 16.3. The number of hydrogen-bond acceptors (Lipinski definition) is 6. The van der Waals surface area contributed by atoms with Gasteiger partial charge in [-0.1, -0.05) is 12.1 Å². The van der Waals surface area contributed by atoms with Crippen LogP contribution in [0.25, 0.3) is 0 Å². The second-order valence-corrected chi connectivity index (χ2v) is 9.51. The lowest BCUT2D eigenvalue weighted by molar-refractivity contribution is -0.305. The molecule has 4 aliphatic rings. The van der Waals surface area contributed by atoms with Crippen LogP contribution in [0.3, 0.4) is 0 Å². The van der Waals surface area contributed by atoms with Crippen LogP contribution in [0.1, 0.15) is 49.3 Å². The Balaban J connectivity index is 1.30. The molecule has 0 radical (unpaired) electrons. The number of ether oxygens (including phenoxy) is 4. The number of benzene rings is 2. The third-order valence-corrected chi connectivity index (χ3v) is 7.24. The lowest BCUT2D eigenvalue weighted by Gasteiger charge is -2.35. The molecule has 2 aliphatic carbocycles. The zero-order chi connectivity index (χ0) is 23.7. The van der Waals surface area contributed by atoms with Crippen molar-refractivity contribution in [2.75, 3.05) is 7.11 Å². The number of fused-ring (bicyclic) bond motifs is 2. The fourth-order valence-electron chi connectivity index (χ4n) is 5.01. The summed E-state index contributed by atoms with van der Waals surface area (Å²) in [5, 5.41) is 12.9. The second kappa shape index (κ2) is 7.46. The number of carbonyl (C=O) groups excluding carboxylic acids is 1. The standard InChI is InChI=1S/C25H25F2NO6/c1-31-14-7-8-15-17(12-19(13-5-6-13)32-20(15)11-14)28-22(29)24(9-10-24)16-3-2-4-18-21(16)33-23(30)25(26,27)34-18/h2-4,7-8,11,13,17,19,23,30H,5-6,9-10,12H2,1H3,(H,28,29)/t17-,19+,23?/m0/s1. The van der Waals surface area contributed by atoms with Crippen LogP contribution in [0.4, 0.5) is 8.78 Å². The van der Waals surface area contributed by atoms with Gasteiger partial charge in [-0.25, -0.2) is 0 Å². The molecule has 0 saturated heterocycles. The van der Waals surface area contributed by atoms with Gasteiger partial charge in [0.2, 0.25) is 5.91 Å². The van der Waals surface area contributed by atoms with E-state index in [0.29, 0.717) is 42.2 Å². The predicted octanol–water partition coefficient (Wildman–Crippen LogP) is 3.83. The van der Waals surface area contributed by atoms with E-state index < -0.39 is 17.8 Å². The molecule has 3 atom stereocenters. The van der Waals surface area contributed by atoms with Crippen molar-refractivity contribution < 1.29 is 37.6 Å². The van der Waals surface area contributed by atoms with E-state index >= 15 is 0 Å². The van der Waals surface area contributed by atoms with Crippen molar-refractivity contribution in [3.63, 3.8) is 0 Å². The molecule has 0 bridgehead atoms. The number of amides is 1. The van der Waals surface area contributed by atoms with Gasteiger partial charge in [-0.15, -0.1) is 0 Å². The molecule has 1 unspecified atom stereocenters. The number of methoxy groups -OCH3 is 1. The minimum absolute atomic E-state index is 0.0125. The third kappa shape index (κ3) is 3.45. The topological polar surface area (TPSA) is 86.3 Å². The van der Waals surface area contributed by atoms with Gasteiger partial charge in [0.1, 0.15) is 17.6 Å². The van der Waals surface area contributed by atoms with Crippen LogP contribution < -0.4 is 24.3 Å². The van der Waals surface area contributed by atoms with Gasteiger partial charge < -0.3 is 29.4 Å². The maximum absolute atomic E-state index is 13.8. The summed E-state index contributed by atoms with van der Waals surface area (Å²) in [5.74, 6) is 1.45. The summed E-state index contributed by atoms with van der Waals surface area (Å²) < 4.78 is 49.0. The van der Waals surface area contributed by atoms with Crippen LogP contribution in [0.2, 0.25) is 0 Å². The Bertz CT molecular complexity index is 1150. The maximum atomic E-state index is 13.8. The highest BCUT2D eigenvalue weighted by Gasteiger charge is 2.56. The Hall–Kier alpha value is -3.07. The van der Waals surface area contributed by atoms with Gasteiger partial charge in [0.15, 0.2) is 11.5 Å². The third-order valence-electron chi connectivity index (χ3n) is 7.24. The van der Waals surface area contributed by atoms with Crippen molar-refractivity contribution in [1.29, 1.82) is 0 Å². The van der Waals surface area contributed by atoms with Gasteiger partial charge in [0, 0.05) is 23.6 Å². The van der Waals surface area contributed by atoms with E-state index in [2.05, 4.69) is 10.1 Å². The minimum Gasteiger partial charge on any atom is -0.497 e. The van der Waals surface area contributed by atoms with Crippen molar-refractivity contribution in [3.8, 4) is 23.0 Å². The Kier molecular flexibility index (Phi) is 4.71. The fourth-order valence-corrected chi connectivity index (χ4v) is 5.01. The summed E-state index contributed by atoms with van der Waals surface area (Å²) >= 11 is 0. The molecule has 2 heterocycles. The number of hydrogen-bond donors (Lipinski definition) is 2. The first-order valence-electron chi connectivity index (χ1n) is 11.5. The van der Waals surface area contributed by atoms with Crippen LogP contribution in [-0.2, 0) is 10.2 Å². The van der Waals surface area contributed by atoms with Gasteiger partial charge in [-0.3, -0.25) is 4.79 Å². The molecule has 9 heteroatoms. The van der Waals surface area contributed by atoms with E-state index in [1.165, 1.54) is 6.07 Å². The van der Waals surface area contributed by atoms with E-state index in [-0.39, 0.29) is 29.6 Å². The average molecular weight is 473 g/mol. The number of aliphatic hydroxyl groups excluding tert-OH is 1. The van der Waals surface area contributed by atoms with E-state index in [0.717, 1.165) is 18.4 Å². The zero-order valence-corrected chi connectivity index (χ0v) is 18.6. The number of alkyl halides is 2. The first-order valence-corrected chi connectivity index (χ1v) is 11.5. The quantitative estimate of drug-likeness (QED) is 0.687. The highest BCUT2D eigenvalue weighted by molar-refractivity contribution is 5.92. The molecule has 0 spiro atoms. The summed E-state index contributed by atoms with van der Waals surface area (Å²) in [5.41, 5.74) is 0.394. The van der Waals surface area contributed by atoms with Gasteiger partial charge in [-0.05, 0) is 49.8 Å². The van der Waals surface area contributed by atoms with Gasteiger partial charge in [0.05, 0.1) is 18.6 Å². The molecular formula is C25H25F2NO6. The largest absolute Gasteiger partial charge is 0.497 e. The maximum Gasteiger partial charge on any atom is 0.463 e. The number of nitrogens with one attached hydrogen (secondary N) is 1. The molecule has 6 rings (SSSR count). The summed E-state index contributed by atoms with van der Waals surface area (Å²) in [4.78, 5) is 13.6. The van der Waals surface area contributed by atoms with Crippen LogP contribution in [0.15, 0.2) is 36.4 Å². The Morgan fingerprint density at radius 2 is 1.94 bits per heavy atom.